The molecule has 4 heteroatoms. The maximum atomic E-state index is 10.7. The Bertz CT molecular complexity index is 157. The van der Waals surface area contributed by atoms with Crippen LogP contribution in [0.1, 0.15) is 13.3 Å². The normalized spacial score (nSPS) is 38.5. The number of aliphatic hydroxyl groups excluding tert-OH is 2. The van der Waals surface area contributed by atoms with Crippen LogP contribution >= 0.6 is 0 Å². The van der Waals surface area contributed by atoms with Crippen LogP contribution in [0.4, 0.5) is 0 Å². The summed E-state index contributed by atoms with van der Waals surface area (Å²) < 4.78 is 4.68. The van der Waals surface area contributed by atoms with Crippen molar-refractivity contribution in [2.75, 3.05) is 6.61 Å². The number of esters is 1. The van der Waals surface area contributed by atoms with Crippen molar-refractivity contribution in [3.63, 3.8) is 0 Å². The lowest BCUT2D eigenvalue weighted by atomic mass is 9.94. The molecule has 0 amide bonds. The van der Waals surface area contributed by atoms with Gasteiger partial charge in [-0.2, -0.15) is 0 Å². The van der Waals surface area contributed by atoms with Crippen LogP contribution in [-0.4, -0.2) is 35.0 Å². The molecule has 0 radical (unpaired) electrons. The molecular formula is C7H12O4. The number of hydrogen-bond acceptors (Lipinski definition) is 4. The van der Waals surface area contributed by atoms with Gasteiger partial charge in [0.25, 0.3) is 0 Å². The Hall–Kier alpha value is -0.610. The van der Waals surface area contributed by atoms with Gasteiger partial charge in [0.05, 0.1) is 19.1 Å². The molecule has 4 nitrogen and oxygen atoms in total. The highest BCUT2D eigenvalue weighted by Gasteiger charge is 2.34. The van der Waals surface area contributed by atoms with E-state index in [1.807, 2.05) is 0 Å². The molecule has 0 aromatic heterocycles. The van der Waals surface area contributed by atoms with Crippen LogP contribution in [0.2, 0.25) is 0 Å². The second-order valence-electron chi connectivity index (χ2n) is 2.88. The van der Waals surface area contributed by atoms with Gasteiger partial charge in [0, 0.05) is 0 Å². The fourth-order valence-corrected chi connectivity index (χ4v) is 1.18. The smallest absolute Gasteiger partial charge is 0.306 e. The number of rotatable bonds is 1. The predicted octanol–water partition coefficient (Wildman–Crippen LogP) is -0.709. The minimum Gasteiger partial charge on any atom is -0.457 e. The maximum Gasteiger partial charge on any atom is 0.306 e. The van der Waals surface area contributed by atoms with Gasteiger partial charge < -0.3 is 14.9 Å². The Morgan fingerprint density at radius 2 is 2.36 bits per heavy atom. The van der Waals surface area contributed by atoms with E-state index in [0.717, 1.165) is 0 Å². The van der Waals surface area contributed by atoms with Crippen LogP contribution in [-0.2, 0) is 9.53 Å². The number of aliphatic hydroxyl groups is 2. The van der Waals surface area contributed by atoms with E-state index in [0.29, 0.717) is 0 Å². The van der Waals surface area contributed by atoms with Gasteiger partial charge in [-0.1, -0.05) is 6.92 Å². The topological polar surface area (TPSA) is 66.8 Å². The van der Waals surface area contributed by atoms with Crippen molar-refractivity contribution < 1.29 is 19.7 Å². The molecule has 64 valence electrons. The van der Waals surface area contributed by atoms with Crippen molar-refractivity contribution in [1.29, 1.82) is 0 Å². The summed E-state index contributed by atoms with van der Waals surface area (Å²) in [4.78, 5) is 10.7. The molecule has 0 bridgehead atoms. The van der Waals surface area contributed by atoms with Crippen molar-refractivity contribution in [1.82, 2.24) is 0 Å². The van der Waals surface area contributed by atoms with E-state index in [9.17, 15) is 9.90 Å². The molecule has 0 unspecified atom stereocenters. The zero-order chi connectivity index (χ0) is 8.43. The van der Waals surface area contributed by atoms with E-state index in [1.165, 1.54) is 0 Å². The molecule has 0 spiro atoms. The third-order valence-corrected chi connectivity index (χ3v) is 1.92. The molecule has 1 aliphatic rings. The van der Waals surface area contributed by atoms with Crippen molar-refractivity contribution >= 4 is 5.97 Å². The highest BCUT2D eigenvalue weighted by molar-refractivity contribution is 5.70. The van der Waals surface area contributed by atoms with E-state index in [2.05, 4.69) is 4.74 Å². The summed E-state index contributed by atoms with van der Waals surface area (Å²) >= 11 is 0. The van der Waals surface area contributed by atoms with Crippen LogP contribution in [0.25, 0.3) is 0 Å². The first kappa shape index (κ1) is 8.49. The van der Waals surface area contributed by atoms with Crippen LogP contribution in [0.15, 0.2) is 0 Å². The third kappa shape index (κ3) is 1.70. The molecule has 0 aromatic carbocycles. The van der Waals surface area contributed by atoms with E-state index in [-0.39, 0.29) is 24.9 Å². The van der Waals surface area contributed by atoms with Gasteiger partial charge in [0.15, 0.2) is 6.10 Å². The largest absolute Gasteiger partial charge is 0.457 e. The van der Waals surface area contributed by atoms with Gasteiger partial charge >= 0.3 is 5.97 Å². The zero-order valence-corrected chi connectivity index (χ0v) is 6.36. The standard InChI is InChI=1S/C7H12O4/c1-4-2-6(9)11-5(3-8)7(4)10/h4-5,7-8,10H,2-3H2,1H3/t4-,5-,7+/m1/s1. The number of cyclic esters (lactones) is 1. The van der Waals surface area contributed by atoms with Crippen molar-refractivity contribution in [2.45, 2.75) is 25.6 Å². The van der Waals surface area contributed by atoms with Crippen molar-refractivity contribution in [3.8, 4) is 0 Å². The number of carbonyl (C=O) groups is 1. The van der Waals surface area contributed by atoms with Crippen LogP contribution in [0.5, 0.6) is 0 Å². The van der Waals surface area contributed by atoms with Crippen LogP contribution in [0.3, 0.4) is 0 Å². The van der Waals surface area contributed by atoms with Gasteiger partial charge in [-0.25, -0.2) is 0 Å². The number of carbonyl (C=O) groups excluding carboxylic acids is 1. The molecule has 2 N–H and O–H groups in total. The lowest BCUT2D eigenvalue weighted by Gasteiger charge is -2.30. The molecule has 1 saturated heterocycles. The maximum absolute atomic E-state index is 10.7. The van der Waals surface area contributed by atoms with Gasteiger partial charge in [-0.3, -0.25) is 4.79 Å². The lowest BCUT2D eigenvalue weighted by molar-refractivity contribution is -0.173. The minimum atomic E-state index is -0.730. The summed E-state index contributed by atoms with van der Waals surface area (Å²) in [5.74, 6) is -0.463. The van der Waals surface area contributed by atoms with Crippen LogP contribution in [0, 0.1) is 5.92 Å². The Kier molecular flexibility index (Phi) is 2.46. The van der Waals surface area contributed by atoms with Gasteiger partial charge in [-0.05, 0) is 5.92 Å². The minimum absolute atomic E-state index is 0.117. The summed E-state index contributed by atoms with van der Waals surface area (Å²) in [6.07, 6.45) is -1.22. The summed E-state index contributed by atoms with van der Waals surface area (Å²) in [6.45, 7) is 1.45. The van der Waals surface area contributed by atoms with Gasteiger partial charge in [0.1, 0.15) is 0 Å². The third-order valence-electron chi connectivity index (χ3n) is 1.92. The average molecular weight is 160 g/mol. The molecule has 0 aromatic rings. The number of hydrogen-bond donors (Lipinski definition) is 2. The Labute approximate surface area is 64.8 Å². The Morgan fingerprint density at radius 1 is 1.73 bits per heavy atom. The fraction of sp³-hybridized carbons (Fsp3) is 0.857. The quantitative estimate of drug-likeness (QED) is 0.497. The highest BCUT2D eigenvalue weighted by atomic mass is 16.6. The molecule has 0 aliphatic carbocycles. The number of ether oxygens (including phenoxy) is 1. The molecule has 3 atom stereocenters. The second-order valence-corrected chi connectivity index (χ2v) is 2.88. The Balaban J connectivity index is 2.58. The predicted molar refractivity (Wildman–Crippen MR) is 36.8 cm³/mol. The van der Waals surface area contributed by atoms with E-state index in [4.69, 9.17) is 5.11 Å². The first-order valence-corrected chi connectivity index (χ1v) is 3.63. The lowest BCUT2D eigenvalue weighted by Crippen LogP contribution is -2.44. The SMILES string of the molecule is C[C@@H]1CC(=O)O[C@H](CO)[C@H]1O. The molecule has 1 heterocycles. The Morgan fingerprint density at radius 3 is 2.91 bits per heavy atom. The van der Waals surface area contributed by atoms with Crippen LogP contribution < -0.4 is 0 Å². The molecule has 1 fully saturated rings. The van der Waals surface area contributed by atoms with Crippen molar-refractivity contribution in [3.05, 3.63) is 0 Å². The molecule has 0 saturated carbocycles. The summed E-state index contributed by atoms with van der Waals surface area (Å²) in [6, 6.07) is 0. The van der Waals surface area contributed by atoms with Gasteiger partial charge in [0.2, 0.25) is 0 Å². The average Bonchev–Trinajstić information content (AvgIpc) is 1.96. The van der Waals surface area contributed by atoms with E-state index < -0.39 is 12.2 Å². The zero-order valence-electron chi connectivity index (χ0n) is 6.36. The summed E-state index contributed by atoms with van der Waals surface area (Å²) in [5.41, 5.74) is 0. The first-order valence-electron chi connectivity index (χ1n) is 3.63. The summed E-state index contributed by atoms with van der Waals surface area (Å²) in [5, 5.41) is 18.0. The monoisotopic (exact) mass is 160 g/mol. The first-order chi connectivity index (χ1) is 5.15. The van der Waals surface area contributed by atoms with E-state index >= 15 is 0 Å². The molecule has 1 rings (SSSR count). The highest BCUT2D eigenvalue weighted by Crippen LogP contribution is 2.20. The molecule has 1 aliphatic heterocycles. The fourth-order valence-electron chi connectivity index (χ4n) is 1.18. The van der Waals surface area contributed by atoms with E-state index in [1.54, 1.807) is 6.92 Å². The second kappa shape index (κ2) is 3.19. The molecular weight excluding hydrogens is 148 g/mol. The summed E-state index contributed by atoms with van der Waals surface area (Å²) in [7, 11) is 0. The van der Waals surface area contributed by atoms with Crippen molar-refractivity contribution in [2.24, 2.45) is 5.92 Å². The molecule has 11 heavy (non-hydrogen) atoms. The van der Waals surface area contributed by atoms with Gasteiger partial charge in [-0.15, -0.1) is 0 Å².